The Labute approximate surface area is 212 Å². The van der Waals surface area contributed by atoms with Crippen LogP contribution in [0, 0.1) is 5.92 Å². The summed E-state index contributed by atoms with van der Waals surface area (Å²) >= 11 is 6.19. The topological polar surface area (TPSA) is 92.4 Å². The number of hydrogen-bond donors (Lipinski definition) is 0. The smallest absolute Gasteiger partial charge is 0.336 e. The van der Waals surface area contributed by atoms with E-state index in [0.717, 1.165) is 4.57 Å². The minimum atomic E-state index is -0.467. The Balaban J connectivity index is 1.77. The number of methoxy groups -OCH3 is 1. The molecule has 1 fully saturated rings. The minimum absolute atomic E-state index is 0.194. The molecule has 0 spiro atoms. The third kappa shape index (κ3) is 4.05. The van der Waals surface area contributed by atoms with E-state index in [1.165, 1.54) is 6.20 Å². The Morgan fingerprint density at radius 2 is 1.83 bits per heavy atom. The molecule has 2 aromatic carbocycles. The maximum atomic E-state index is 14.1. The van der Waals surface area contributed by atoms with Crippen molar-refractivity contribution in [2.45, 2.75) is 38.6 Å². The lowest BCUT2D eigenvalue weighted by Gasteiger charge is -2.30. The van der Waals surface area contributed by atoms with Crippen molar-refractivity contribution in [1.29, 1.82) is 0 Å². The maximum absolute atomic E-state index is 14.1. The molecule has 8 nitrogen and oxygen atoms in total. The first-order chi connectivity index (χ1) is 17.4. The van der Waals surface area contributed by atoms with E-state index in [4.69, 9.17) is 21.1 Å². The van der Waals surface area contributed by atoms with Gasteiger partial charge in [0.25, 0.3) is 5.56 Å². The highest BCUT2D eigenvalue weighted by molar-refractivity contribution is 6.30. The molecule has 2 heterocycles. The Morgan fingerprint density at radius 1 is 1.08 bits per heavy atom. The van der Waals surface area contributed by atoms with E-state index in [9.17, 15) is 14.4 Å². The Kier molecular flexibility index (Phi) is 6.53. The highest BCUT2D eigenvalue weighted by Gasteiger charge is 2.31. The summed E-state index contributed by atoms with van der Waals surface area (Å²) in [4.78, 5) is 44.6. The van der Waals surface area contributed by atoms with Gasteiger partial charge in [0.2, 0.25) is 0 Å². The number of carbonyl (C=O) groups excluding carboxylic acids is 1. The van der Waals surface area contributed by atoms with Gasteiger partial charge in [0.05, 0.1) is 36.2 Å². The van der Waals surface area contributed by atoms with Crippen molar-refractivity contribution in [3.05, 3.63) is 74.5 Å². The van der Waals surface area contributed by atoms with Crippen LogP contribution in [0.25, 0.3) is 27.5 Å². The monoisotopic (exact) mass is 507 g/mol. The van der Waals surface area contributed by atoms with Gasteiger partial charge in [0.1, 0.15) is 11.3 Å². The number of para-hydroxylation sites is 1. The van der Waals surface area contributed by atoms with Gasteiger partial charge in [0, 0.05) is 22.6 Å². The van der Waals surface area contributed by atoms with Gasteiger partial charge in [-0.25, -0.2) is 9.36 Å². The Bertz CT molecular complexity index is 1580. The van der Waals surface area contributed by atoms with E-state index in [1.807, 2.05) is 12.1 Å². The molecule has 4 aromatic rings. The number of ether oxygens (including phenoxy) is 2. The number of pyridine rings is 1. The van der Waals surface area contributed by atoms with Crippen LogP contribution in [0.4, 0.5) is 0 Å². The summed E-state index contributed by atoms with van der Waals surface area (Å²) in [5.74, 6) is 0.162. The van der Waals surface area contributed by atoms with Gasteiger partial charge in [-0.05, 0) is 56.9 Å². The molecule has 0 unspecified atom stereocenters. The van der Waals surface area contributed by atoms with Crippen molar-refractivity contribution in [2.75, 3.05) is 13.7 Å². The first-order valence-electron chi connectivity index (χ1n) is 12.0. The molecule has 36 heavy (non-hydrogen) atoms. The highest BCUT2D eigenvalue weighted by atomic mass is 35.5. The quantitative estimate of drug-likeness (QED) is 0.288. The van der Waals surface area contributed by atoms with Gasteiger partial charge >= 0.3 is 11.7 Å². The lowest BCUT2D eigenvalue weighted by Crippen LogP contribution is -2.41. The number of aromatic nitrogens is 3. The van der Waals surface area contributed by atoms with Crippen LogP contribution >= 0.6 is 11.6 Å². The predicted molar refractivity (Wildman–Crippen MR) is 138 cm³/mol. The summed E-state index contributed by atoms with van der Waals surface area (Å²) in [6, 6.07) is 11.9. The fourth-order valence-corrected chi connectivity index (χ4v) is 5.37. The highest BCUT2D eigenvalue weighted by Crippen LogP contribution is 2.36. The van der Waals surface area contributed by atoms with Gasteiger partial charge in [-0.15, -0.1) is 0 Å². The number of nitrogens with zero attached hydrogens (tertiary/aromatic N) is 3. The van der Waals surface area contributed by atoms with E-state index in [1.54, 1.807) is 48.9 Å². The molecule has 9 heteroatoms. The minimum Gasteiger partial charge on any atom is -0.494 e. The molecule has 0 amide bonds. The standard InChI is InChI=1S/C27H26ClN3O5/c1-3-36-26(33)16-10-12-18(13-11-16)30-24-20-8-5-9-22(35-2)23(20)29-15-21(24)25(32)31(27(30)34)19-7-4-6-17(28)14-19/h4-9,14-16,18H,3,10-13H2,1-2H3/t16-,18+. The zero-order valence-electron chi connectivity index (χ0n) is 20.1. The van der Waals surface area contributed by atoms with Gasteiger partial charge < -0.3 is 9.47 Å². The molecule has 0 atom stereocenters. The number of carbonyl (C=O) groups is 1. The summed E-state index contributed by atoms with van der Waals surface area (Å²) in [5, 5.41) is 1.40. The Hall–Kier alpha value is -3.65. The van der Waals surface area contributed by atoms with E-state index >= 15 is 0 Å². The van der Waals surface area contributed by atoms with Crippen molar-refractivity contribution in [3.8, 4) is 11.4 Å². The van der Waals surface area contributed by atoms with Crippen molar-refractivity contribution in [1.82, 2.24) is 14.1 Å². The SMILES string of the molecule is CCOC(=O)[C@H]1CC[C@@H](n2c(=O)n(-c3cccc(Cl)c3)c(=O)c3cnc4c(OC)cccc4c32)CC1. The van der Waals surface area contributed by atoms with E-state index in [2.05, 4.69) is 4.98 Å². The fraction of sp³-hybridized carbons (Fsp3) is 0.333. The first kappa shape index (κ1) is 24.1. The Morgan fingerprint density at radius 3 is 2.53 bits per heavy atom. The molecular formula is C27H26ClN3O5. The summed E-state index contributed by atoms with van der Waals surface area (Å²) < 4.78 is 13.6. The average Bonchev–Trinajstić information content (AvgIpc) is 2.89. The zero-order valence-corrected chi connectivity index (χ0v) is 20.8. The number of benzene rings is 2. The van der Waals surface area contributed by atoms with Crippen LogP contribution in [0.1, 0.15) is 38.6 Å². The summed E-state index contributed by atoms with van der Waals surface area (Å²) in [7, 11) is 1.56. The van der Waals surface area contributed by atoms with Crippen molar-refractivity contribution in [3.63, 3.8) is 0 Å². The summed E-state index contributed by atoms with van der Waals surface area (Å²) in [5.41, 5.74) is 0.558. The molecule has 0 bridgehead atoms. The van der Waals surface area contributed by atoms with Gasteiger partial charge in [-0.1, -0.05) is 29.8 Å². The molecule has 186 valence electrons. The second-order valence-corrected chi connectivity index (χ2v) is 9.34. The van der Waals surface area contributed by atoms with Gasteiger partial charge in [-0.3, -0.25) is 19.1 Å². The van der Waals surface area contributed by atoms with Crippen LogP contribution < -0.4 is 16.0 Å². The molecule has 0 saturated heterocycles. The maximum Gasteiger partial charge on any atom is 0.336 e. The van der Waals surface area contributed by atoms with Gasteiger partial charge in [-0.2, -0.15) is 0 Å². The normalized spacial score (nSPS) is 17.9. The number of fused-ring (bicyclic) bond motifs is 3. The van der Waals surface area contributed by atoms with Crippen LogP contribution in [0.15, 0.2) is 58.3 Å². The predicted octanol–water partition coefficient (Wildman–Crippen LogP) is 4.66. The lowest BCUT2D eigenvalue weighted by molar-refractivity contribution is -0.149. The average molecular weight is 508 g/mol. The molecule has 0 radical (unpaired) electrons. The van der Waals surface area contributed by atoms with E-state index < -0.39 is 11.2 Å². The molecule has 0 N–H and O–H groups in total. The third-order valence-corrected chi connectivity index (χ3v) is 7.11. The first-order valence-corrected chi connectivity index (χ1v) is 12.4. The van der Waals surface area contributed by atoms with Crippen molar-refractivity contribution < 1.29 is 14.3 Å². The summed E-state index contributed by atoms with van der Waals surface area (Å²) in [6.45, 7) is 2.13. The van der Waals surface area contributed by atoms with Crippen LogP contribution in [-0.2, 0) is 9.53 Å². The second-order valence-electron chi connectivity index (χ2n) is 8.91. The molecule has 1 aliphatic carbocycles. The van der Waals surface area contributed by atoms with Crippen LogP contribution in [-0.4, -0.2) is 33.8 Å². The third-order valence-electron chi connectivity index (χ3n) is 6.87. The molecular weight excluding hydrogens is 482 g/mol. The van der Waals surface area contributed by atoms with E-state index in [0.29, 0.717) is 70.6 Å². The molecule has 1 aliphatic rings. The second kappa shape index (κ2) is 9.78. The van der Waals surface area contributed by atoms with E-state index in [-0.39, 0.29) is 17.9 Å². The molecule has 0 aliphatic heterocycles. The fourth-order valence-electron chi connectivity index (χ4n) is 5.18. The molecule has 1 saturated carbocycles. The zero-order chi connectivity index (χ0) is 25.4. The van der Waals surface area contributed by atoms with Crippen LogP contribution in [0.3, 0.4) is 0 Å². The number of esters is 1. The van der Waals surface area contributed by atoms with Crippen molar-refractivity contribution >= 4 is 39.4 Å². The van der Waals surface area contributed by atoms with Crippen molar-refractivity contribution in [2.24, 2.45) is 5.92 Å². The lowest BCUT2D eigenvalue weighted by atomic mass is 9.85. The number of halogens is 1. The van der Waals surface area contributed by atoms with Crippen LogP contribution in [0.5, 0.6) is 5.75 Å². The summed E-state index contributed by atoms with van der Waals surface area (Å²) in [6.07, 6.45) is 3.89. The number of hydrogen-bond acceptors (Lipinski definition) is 6. The van der Waals surface area contributed by atoms with Crippen LogP contribution in [0.2, 0.25) is 5.02 Å². The molecule has 5 rings (SSSR count). The molecule has 2 aromatic heterocycles. The number of rotatable bonds is 5. The van der Waals surface area contributed by atoms with Gasteiger partial charge in [0.15, 0.2) is 0 Å². The largest absolute Gasteiger partial charge is 0.494 e.